The summed E-state index contributed by atoms with van der Waals surface area (Å²) in [6, 6.07) is 18.7. The van der Waals surface area contributed by atoms with Gasteiger partial charge in [0.2, 0.25) is 15.9 Å². The van der Waals surface area contributed by atoms with Crippen LogP contribution in [0.3, 0.4) is 0 Å². The molecule has 0 unspecified atom stereocenters. The Bertz CT molecular complexity index is 1250. The zero-order chi connectivity index (χ0) is 23.4. The predicted octanol–water partition coefficient (Wildman–Crippen LogP) is 3.32. The van der Waals surface area contributed by atoms with Crippen LogP contribution in [0.1, 0.15) is 12.2 Å². The molecule has 0 aliphatic carbocycles. The van der Waals surface area contributed by atoms with Crippen LogP contribution in [-0.4, -0.2) is 54.6 Å². The van der Waals surface area contributed by atoms with Crippen LogP contribution in [0.15, 0.2) is 76.0 Å². The van der Waals surface area contributed by atoms with Crippen molar-refractivity contribution in [2.75, 3.05) is 26.2 Å². The Labute approximate surface area is 191 Å². The third kappa shape index (κ3) is 4.96. The van der Waals surface area contributed by atoms with Crippen LogP contribution in [0.25, 0.3) is 11.3 Å². The molecule has 0 atom stereocenters. The molecule has 172 valence electrons. The lowest BCUT2D eigenvalue weighted by atomic mass is 10.2. The van der Waals surface area contributed by atoms with Gasteiger partial charge in [-0.15, -0.1) is 0 Å². The van der Waals surface area contributed by atoms with E-state index < -0.39 is 20.6 Å². The highest BCUT2D eigenvalue weighted by Gasteiger charge is 2.34. The van der Waals surface area contributed by atoms with Crippen molar-refractivity contribution >= 4 is 21.6 Å². The van der Waals surface area contributed by atoms with Crippen molar-refractivity contribution < 1.29 is 22.6 Å². The average molecular weight is 470 g/mol. The minimum atomic E-state index is -4.03. The van der Waals surface area contributed by atoms with Crippen molar-refractivity contribution in [1.82, 2.24) is 9.21 Å². The van der Waals surface area contributed by atoms with Crippen molar-refractivity contribution in [1.29, 1.82) is 0 Å². The Hall–Kier alpha value is -3.50. The van der Waals surface area contributed by atoms with Crippen LogP contribution in [-0.2, 0) is 21.2 Å². The molecule has 9 nitrogen and oxygen atoms in total. The fourth-order valence-corrected chi connectivity index (χ4v) is 5.38. The molecular weight excluding hydrogens is 446 g/mol. The highest BCUT2D eigenvalue weighted by atomic mass is 32.2. The Morgan fingerprint density at radius 3 is 2.30 bits per heavy atom. The van der Waals surface area contributed by atoms with Gasteiger partial charge in [0.25, 0.3) is 5.69 Å². The topological polar surface area (TPSA) is 114 Å². The molecule has 1 aromatic heterocycles. The smallest absolute Gasteiger partial charge is 0.289 e. The van der Waals surface area contributed by atoms with Gasteiger partial charge in [-0.05, 0) is 18.2 Å². The van der Waals surface area contributed by atoms with Crippen molar-refractivity contribution in [3.8, 4) is 11.3 Å². The summed E-state index contributed by atoms with van der Waals surface area (Å²) in [7, 11) is -4.03. The second-order valence-electron chi connectivity index (χ2n) is 7.64. The second-order valence-corrected chi connectivity index (χ2v) is 9.55. The van der Waals surface area contributed by atoms with E-state index in [9.17, 15) is 23.3 Å². The summed E-state index contributed by atoms with van der Waals surface area (Å²) < 4.78 is 32.9. The van der Waals surface area contributed by atoms with Gasteiger partial charge in [-0.2, -0.15) is 4.31 Å². The number of rotatable bonds is 7. The number of nitrogens with zero attached hydrogens (tertiary/aromatic N) is 3. The van der Waals surface area contributed by atoms with Gasteiger partial charge in [0.05, 0.1) is 4.92 Å². The van der Waals surface area contributed by atoms with Gasteiger partial charge < -0.3 is 9.32 Å². The zero-order valence-corrected chi connectivity index (χ0v) is 18.6. The Kier molecular flexibility index (Phi) is 6.57. The molecule has 0 radical (unpaired) electrons. The molecule has 2 heterocycles. The predicted molar refractivity (Wildman–Crippen MR) is 121 cm³/mol. The summed E-state index contributed by atoms with van der Waals surface area (Å²) in [6.45, 7) is 0.621. The van der Waals surface area contributed by atoms with Gasteiger partial charge in [0, 0.05) is 50.7 Å². The molecule has 1 fully saturated rings. The van der Waals surface area contributed by atoms with Gasteiger partial charge in [0.15, 0.2) is 4.90 Å². The van der Waals surface area contributed by atoms with Crippen LogP contribution in [0.2, 0.25) is 0 Å². The molecule has 3 aromatic rings. The highest BCUT2D eigenvalue weighted by Crippen LogP contribution is 2.27. The molecule has 1 amide bonds. The standard InChI is InChI=1S/C23H23N3O6S/c27-23(13-11-19-10-12-21(32-19)18-6-2-1-3-7-18)24-14-16-25(17-15-24)33(30,31)22-9-5-4-8-20(22)26(28)29/h1-10,12H,11,13-17H2. The monoisotopic (exact) mass is 469 g/mol. The molecule has 10 heteroatoms. The van der Waals surface area contributed by atoms with Crippen LogP contribution >= 0.6 is 0 Å². The first kappa shape index (κ1) is 22.7. The van der Waals surface area contributed by atoms with E-state index in [4.69, 9.17) is 4.42 Å². The van der Waals surface area contributed by atoms with Gasteiger partial charge in [0.1, 0.15) is 11.5 Å². The molecule has 2 aromatic carbocycles. The maximum atomic E-state index is 12.9. The van der Waals surface area contributed by atoms with Crippen LogP contribution in [0, 0.1) is 10.1 Å². The summed E-state index contributed by atoms with van der Waals surface area (Å²) in [6.07, 6.45) is 0.693. The Morgan fingerprint density at radius 1 is 0.939 bits per heavy atom. The Balaban J connectivity index is 1.33. The second kappa shape index (κ2) is 9.55. The maximum Gasteiger partial charge on any atom is 0.289 e. The van der Waals surface area contributed by atoms with E-state index in [0.717, 1.165) is 11.3 Å². The molecule has 4 rings (SSSR count). The third-order valence-electron chi connectivity index (χ3n) is 5.58. The number of carbonyl (C=O) groups excluding carboxylic acids is 1. The van der Waals surface area contributed by atoms with Crippen LogP contribution < -0.4 is 0 Å². The number of benzene rings is 2. The van der Waals surface area contributed by atoms with Gasteiger partial charge in [-0.25, -0.2) is 8.42 Å². The first-order valence-corrected chi connectivity index (χ1v) is 12.0. The zero-order valence-electron chi connectivity index (χ0n) is 17.8. The number of piperazine rings is 1. The Morgan fingerprint density at radius 2 is 1.61 bits per heavy atom. The number of hydrogen-bond acceptors (Lipinski definition) is 6. The summed E-state index contributed by atoms with van der Waals surface area (Å²) in [4.78, 5) is 24.5. The lowest BCUT2D eigenvalue weighted by molar-refractivity contribution is -0.387. The van der Waals surface area contributed by atoms with Crippen molar-refractivity contribution in [2.45, 2.75) is 17.7 Å². The van der Waals surface area contributed by atoms with Crippen molar-refractivity contribution in [3.63, 3.8) is 0 Å². The summed E-state index contributed by atoms with van der Waals surface area (Å²) >= 11 is 0. The van der Waals surface area contributed by atoms with Crippen molar-refractivity contribution in [3.05, 3.63) is 82.6 Å². The summed E-state index contributed by atoms with van der Waals surface area (Å²) in [5, 5.41) is 11.2. The van der Waals surface area contributed by atoms with Gasteiger partial charge in [-0.3, -0.25) is 14.9 Å². The lowest BCUT2D eigenvalue weighted by Gasteiger charge is -2.34. The number of sulfonamides is 1. The van der Waals surface area contributed by atoms with Crippen molar-refractivity contribution in [2.24, 2.45) is 0 Å². The third-order valence-corrected chi connectivity index (χ3v) is 7.52. The van der Waals surface area contributed by atoms with E-state index in [0.29, 0.717) is 12.2 Å². The molecule has 1 saturated heterocycles. The molecule has 33 heavy (non-hydrogen) atoms. The quantitative estimate of drug-likeness (QED) is 0.387. The minimum Gasteiger partial charge on any atom is -0.461 e. The highest BCUT2D eigenvalue weighted by molar-refractivity contribution is 7.89. The molecule has 0 N–H and O–H groups in total. The normalized spacial score (nSPS) is 14.8. The number of hydrogen-bond donors (Lipinski definition) is 0. The van der Waals surface area contributed by atoms with Gasteiger partial charge in [-0.1, -0.05) is 42.5 Å². The van der Waals surface area contributed by atoms with Gasteiger partial charge >= 0.3 is 0 Å². The lowest BCUT2D eigenvalue weighted by Crippen LogP contribution is -2.50. The number of para-hydroxylation sites is 1. The number of nitro benzene ring substituents is 1. The molecular formula is C23H23N3O6S. The summed E-state index contributed by atoms with van der Waals surface area (Å²) in [5.41, 5.74) is 0.510. The van der Waals surface area contributed by atoms with E-state index in [-0.39, 0.29) is 43.4 Å². The van der Waals surface area contributed by atoms with E-state index in [1.807, 2.05) is 42.5 Å². The SMILES string of the molecule is O=C(CCc1ccc(-c2ccccc2)o1)N1CCN(S(=O)(=O)c2ccccc2[N+](=O)[O-])CC1. The first-order chi connectivity index (χ1) is 15.9. The number of aryl methyl sites for hydroxylation is 1. The van der Waals surface area contributed by atoms with E-state index >= 15 is 0 Å². The fourth-order valence-electron chi connectivity index (χ4n) is 3.80. The molecule has 1 aliphatic rings. The maximum absolute atomic E-state index is 12.9. The minimum absolute atomic E-state index is 0.0824. The molecule has 0 spiro atoms. The molecule has 0 saturated carbocycles. The largest absolute Gasteiger partial charge is 0.461 e. The van der Waals surface area contributed by atoms with Crippen LogP contribution in [0.4, 0.5) is 5.69 Å². The van der Waals surface area contributed by atoms with E-state index in [2.05, 4.69) is 0 Å². The average Bonchev–Trinajstić information content (AvgIpc) is 3.32. The molecule has 0 bridgehead atoms. The van der Waals surface area contributed by atoms with Crippen LogP contribution in [0.5, 0.6) is 0 Å². The first-order valence-electron chi connectivity index (χ1n) is 10.5. The number of furan rings is 1. The van der Waals surface area contributed by atoms with E-state index in [1.54, 1.807) is 4.90 Å². The summed E-state index contributed by atoms with van der Waals surface area (Å²) in [5.74, 6) is 1.36. The number of carbonyl (C=O) groups is 1. The van der Waals surface area contributed by atoms with E-state index in [1.165, 1.54) is 28.6 Å². The number of nitro groups is 1. The fraction of sp³-hybridized carbons (Fsp3) is 0.261. The molecule has 1 aliphatic heterocycles. The number of amides is 1.